The fraction of sp³-hybridized carbons (Fsp3) is 0.615. The summed E-state index contributed by atoms with van der Waals surface area (Å²) in [7, 11) is 0. The van der Waals surface area contributed by atoms with Crippen LogP contribution in [0.25, 0.3) is 0 Å². The van der Waals surface area contributed by atoms with E-state index >= 15 is 0 Å². The van der Waals surface area contributed by atoms with Crippen LogP contribution in [0.15, 0.2) is 12.1 Å². The molecule has 0 aliphatic heterocycles. The molecule has 0 fully saturated rings. The molecular formula is C13H22ClN3OS. The van der Waals surface area contributed by atoms with Gasteiger partial charge in [-0.2, -0.15) is 0 Å². The molecular weight excluding hydrogens is 282 g/mol. The zero-order chi connectivity index (χ0) is 14.4. The van der Waals surface area contributed by atoms with Crippen LogP contribution in [0.2, 0.25) is 4.34 Å². The number of hydrogen-bond acceptors (Lipinski definition) is 4. The molecule has 0 radical (unpaired) electrons. The molecule has 19 heavy (non-hydrogen) atoms. The highest BCUT2D eigenvalue weighted by Gasteiger charge is 2.26. The van der Waals surface area contributed by atoms with Gasteiger partial charge in [0.2, 0.25) is 5.91 Å². The van der Waals surface area contributed by atoms with Crippen LogP contribution in [-0.4, -0.2) is 36.5 Å². The summed E-state index contributed by atoms with van der Waals surface area (Å²) in [6, 6.07) is 3.81. The lowest BCUT2D eigenvalue weighted by Crippen LogP contribution is -2.44. The van der Waals surface area contributed by atoms with Gasteiger partial charge in [-0.15, -0.1) is 11.3 Å². The number of halogens is 1. The second kappa shape index (κ2) is 7.85. The number of hydrogen-bond donors (Lipinski definition) is 2. The van der Waals surface area contributed by atoms with Crippen molar-refractivity contribution in [2.75, 3.05) is 19.6 Å². The number of carbonyl (C=O) groups is 1. The molecule has 2 unspecified atom stereocenters. The fourth-order valence-electron chi connectivity index (χ4n) is 2.10. The Hall–Kier alpha value is -0.620. The molecule has 6 heteroatoms. The van der Waals surface area contributed by atoms with Crippen LogP contribution in [0.4, 0.5) is 0 Å². The smallest absolute Gasteiger partial charge is 0.234 e. The molecule has 0 bridgehead atoms. The van der Waals surface area contributed by atoms with Gasteiger partial charge in [0.1, 0.15) is 0 Å². The molecule has 0 saturated carbocycles. The molecule has 2 atom stereocenters. The van der Waals surface area contributed by atoms with Crippen LogP contribution in [0.3, 0.4) is 0 Å². The molecule has 3 N–H and O–H groups in total. The Morgan fingerprint density at radius 3 is 2.63 bits per heavy atom. The summed E-state index contributed by atoms with van der Waals surface area (Å²) < 4.78 is 0.745. The standard InChI is InChI=1S/C13H22ClN3OS/c1-4-16-12(18)8-17(5-2)13(9(3)15)10-6-7-11(14)19-10/h6-7,9,13H,4-5,8,15H2,1-3H3,(H,16,18). The molecule has 1 aromatic heterocycles. The molecule has 1 amide bonds. The first kappa shape index (κ1) is 16.4. The first-order valence-corrected chi connectivity index (χ1v) is 7.70. The van der Waals surface area contributed by atoms with Crippen LogP contribution in [0.1, 0.15) is 31.7 Å². The first-order valence-electron chi connectivity index (χ1n) is 6.51. The maximum atomic E-state index is 11.8. The summed E-state index contributed by atoms with van der Waals surface area (Å²) in [6.07, 6.45) is 0. The van der Waals surface area contributed by atoms with Crippen LogP contribution >= 0.6 is 22.9 Å². The Kier molecular flexibility index (Phi) is 6.79. The van der Waals surface area contributed by atoms with Gasteiger partial charge in [-0.05, 0) is 32.5 Å². The van der Waals surface area contributed by atoms with E-state index in [2.05, 4.69) is 10.2 Å². The Labute approximate surface area is 123 Å². The third kappa shape index (κ3) is 4.76. The van der Waals surface area contributed by atoms with Crippen LogP contribution < -0.4 is 11.1 Å². The second-order valence-electron chi connectivity index (χ2n) is 4.46. The van der Waals surface area contributed by atoms with E-state index in [1.54, 1.807) is 0 Å². The van der Waals surface area contributed by atoms with E-state index < -0.39 is 0 Å². The number of carbonyl (C=O) groups excluding carboxylic acids is 1. The van der Waals surface area contributed by atoms with Gasteiger partial charge in [-0.25, -0.2) is 0 Å². The summed E-state index contributed by atoms with van der Waals surface area (Å²) >= 11 is 7.51. The van der Waals surface area contributed by atoms with Gasteiger partial charge in [0.25, 0.3) is 0 Å². The lowest BCUT2D eigenvalue weighted by Gasteiger charge is -2.32. The average molecular weight is 304 g/mol. The van der Waals surface area contributed by atoms with E-state index in [-0.39, 0.29) is 18.0 Å². The number of nitrogens with one attached hydrogen (secondary N) is 1. The van der Waals surface area contributed by atoms with Crippen LogP contribution in [0, 0.1) is 0 Å². The molecule has 1 rings (SSSR count). The predicted molar refractivity (Wildman–Crippen MR) is 81.7 cm³/mol. The van der Waals surface area contributed by atoms with Gasteiger partial charge in [0.05, 0.1) is 16.9 Å². The van der Waals surface area contributed by atoms with E-state index in [1.165, 1.54) is 11.3 Å². The Bertz CT molecular complexity index is 408. The number of nitrogens with two attached hydrogens (primary N) is 1. The van der Waals surface area contributed by atoms with Crippen molar-refractivity contribution in [2.24, 2.45) is 5.73 Å². The van der Waals surface area contributed by atoms with E-state index in [9.17, 15) is 4.79 Å². The van der Waals surface area contributed by atoms with Crippen molar-refractivity contribution in [3.63, 3.8) is 0 Å². The molecule has 108 valence electrons. The van der Waals surface area contributed by atoms with Crippen molar-refractivity contribution in [3.8, 4) is 0 Å². The molecule has 4 nitrogen and oxygen atoms in total. The van der Waals surface area contributed by atoms with Crippen molar-refractivity contribution >= 4 is 28.8 Å². The van der Waals surface area contributed by atoms with E-state index in [4.69, 9.17) is 17.3 Å². The van der Waals surface area contributed by atoms with E-state index in [0.29, 0.717) is 13.1 Å². The Morgan fingerprint density at radius 1 is 1.53 bits per heavy atom. The van der Waals surface area contributed by atoms with E-state index in [0.717, 1.165) is 15.8 Å². The summed E-state index contributed by atoms with van der Waals surface area (Å²) in [5.41, 5.74) is 6.09. The summed E-state index contributed by atoms with van der Waals surface area (Å²) in [5, 5.41) is 2.82. The molecule has 0 aliphatic rings. The maximum Gasteiger partial charge on any atom is 0.234 e. The Morgan fingerprint density at radius 2 is 2.21 bits per heavy atom. The monoisotopic (exact) mass is 303 g/mol. The van der Waals surface area contributed by atoms with Gasteiger partial charge >= 0.3 is 0 Å². The highest BCUT2D eigenvalue weighted by atomic mass is 35.5. The molecule has 0 saturated heterocycles. The lowest BCUT2D eigenvalue weighted by atomic mass is 10.1. The molecule has 0 spiro atoms. The topological polar surface area (TPSA) is 58.4 Å². The van der Waals surface area contributed by atoms with E-state index in [1.807, 2.05) is 32.9 Å². The van der Waals surface area contributed by atoms with Gasteiger partial charge in [-0.3, -0.25) is 9.69 Å². The van der Waals surface area contributed by atoms with Crippen LogP contribution in [0.5, 0.6) is 0 Å². The first-order chi connectivity index (χ1) is 8.99. The largest absolute Gasteiger partial charge is 0.355 e. The SMILES string of the molecule is CCNC(=O)CN(CC)C(c1ccc(Cl)s1)C(C)N. The molecule has 0 aliphatic carbocycles. The Balaban J connectivity index is 2.86. The maximum absolute atomic E-state index is 11.8. The van der Waals surface area contributed by atoms with Crippen molar-refractivity contribution in [1.29, 1.82) is 0 Å². The van der Waals surface area contributed by atoms with Gasteiger partial charge in [0, 0.05) is 17.5 Å². The minimum atomic E-state index is -0.0657. The minimum absolute atomic E-state index is 0.0186. The number of thiophene rings is 1. The lowest BCUT2D eigenvalue weighted by molar-refractivity contribution is -0.122. The quantitative estimate of drug-likeness (QED) is 0.812. The average Bonchev–Trinajstić information content (AvgIpc) is 2.74. The summed E-state index contributed by atoms with van der Waals surface area (Å²) in [6.45, 7) is 7.66. The summed E-state index contributed by atoms with van der Waals surface area (Å²) in [4.78, 5) is 14.9. The number of nitrogens with zero attached hydrogens (tertiary/aromatic N) is 1. The number of rotatable bonds is 7. The highest BCUT2D eigenvalue weighted by Crippen LogP contribution is 2.32. The number of likely N-dealkylation sites (N-methyl/N-ethyl adjacent to an activating group) is 2. The van der Waals surface area contributed by atoms with Crippen molar-refractivity contribution in [2.45, 2.75) is 32.9 Å². The van der Waals surface area contributed by atoms with Crippen molar-refractivity contribution in [1.82, 2.24) is 10.2 Å². The highest BCUT2D eigenvalue weighted by molar-refractivity contribution is 7.16. The van der Waals surface area contributed by atoms with Crippen LogP contribution in [-0.2, 0) is 4.79 Å². The number of amides is 1. The van der Waals surface area contributed by atoms with Crippen molar-refractivity contribution < 1.29 is 4.79 Å². The van der Waals surface area contributed by atoms with Gasteiger partial charge in [-0.1, -0.05) is 18.5 Å². The second-order valence-corrected chi connectivity index (χ2v) is 6.21. The fourth-order valence-corrected chi connectivity index (χ4v) is 3.42. The molecule has 1 heterocycles. The molecule has 1 aromatic rings. The third-order valence-electron chi connectivity index (χ3n) is 2.90. The van der Waals surface area contributed by atoms with Crippen molar-refractivity contribution in [3.05, 3.63) is 21.3 Å². The minimum Gasteiger partial charge on any atom is -0.355 e. The van der Waals surface area contributed by atoms with Gasteiger partial charge < -0.3 is 11.1 Å². The zero-order valence-corrected chi connectivity index (χ0v) is 13.2. The zero-order valence-electron chi connectivity index (χ0n) is 11.6. The predicted octanol–water partition coefficient (Wildman–Crippen LogP) is 2.25. The summed E-state index contributed by atoms with van der Waals surface area (Å²) in [5.74, 6) is 0.0256. The third-order valence-corrected chi connectivity index (χ3v) is 4.21. The molecule has 0 aromatic carbocycles. The van der Waals surface area contributed by atoms with Gasteiger partial charge in [0.15, 0.2) is 0 Å². The normalized spacial score (nSPS) is 14.4.